The molecule has 0 saturated carbocycles. The van der Waals surface area contributed by atoms with E-state index in [1.165, 1.54) is 0 Å². The lowest BCUT2D eigenvalue weighted by atomic mass is 10.1. The number of benzene rings is 1. The number of aromatic carboxylic acids is 1. The van der Waals surface area contributed by atoms with E-state index in [0.29, 0.717) is 17.7 Å². The maximum Gasteiger partial charge on any atom is 0.435 e. The smallest absolute Gasteiger partial charge is 0.435 e. The van der Waals surface area contributed by atoms with Crippen molar-refractivity contribution in [3.8, 4) is 11.3 Å². The number of carboxylic acid groups (broad SMARTS) is 1. The first-order valence-corrected chi connectivity index (χ1v) is 7.97. The second-order valence-electron chi connectivity index (χ2n) is 5.32. The van der Waals surface area contributed by atoms with Crippen molar-refractivity contribution >= 4 is 22.3 Å². The third-order valence-electron chi connectivity index (χ3n) is 3.67. The molecule has 0 aliphatic heterocycles. The standard InChI is InChI=1S/C16H13F3N2O2S/c1-3-10-11(9-6-4-8(2)5-7-9)21-12(14(22)23)13(16(17,18)19)20-15(21)24-10/h4-7H,3H2,1-2H3,(H,22,23). The number of aromatic nitrogens is 2. The first-order valence-electron chi connectivity index (χ1n) is 7.15. The summed E-state index contributed by atoms with van der Waals surface area (Å²) in [7, 11) is 0. The normalized spacial score (nSPS) is 12.0. The van der Waals surface area contributed by atoms with Gasteiger partial charge in [-0.05, 0) is 18.9 Å². The molecule has 4 nitrogen and oxygen atoms in total. The molecule has 0 bridgehead atoms. The number of rotatable bonds is 3. The van der Waals surface area contributed by atoms with E-state index in [1.807, 2.05) is 26.0 Å². The van der Waals surface area contributed by atoms with Crippen LogP contribution in [-0.2, 0) is 12.6 Å². The van der Waals surface area contributed by atoms with Gasteiger partial charge in [-0.15, -0.1) is 11.3 Å². The highest BCUT2D eigenvalue weighted by Crippen LogP contribution is 2.39. The summed E-state index contributed by atoms with van der Waals surface area (Å²) in [5.41, 5.74) is -0.0835. The molecular weight excluding hydrogens is 341 g/mol. The van der Waals surface area contributed by atoms with Crippen LogP contribution < -0.4 is 0 Å². The predicted octanol–water partition coefficient (Wildman–Crippen LogP) is 4.65. The highest BCUT2D eigenvalue weighted by atomic mass is 32.1. The van der Waals surface area contributed by atoms with Gasteiger partial charge < -0.3 is 5.11 Å². The zero-order chi connectivity index (χ0) is 17.6. The van der Waals surface area contributed by atoms with E-state index in [0.717, 1.165) is 26.2 Å². The van der Waals surface area contributed by atoms with Gasteiger partial charge in [0.25, 0.3) is 0 Å². The van der Waals surface area contributed by atoms with E-state index in [2.05, 4.69) is 4.98 Å². The predicted molar refractivity (Wildman–Crippen MR) is 84.6 cm³/mol. The Morgan fingerprint density at radius 3 is 2.42 bits per heavy atom. The molecule has 0 radical (unpaired) electrons. The molecule has 2 heterocycles. The van der Waals surface area contributed by atoms with Crippen molar-refractivity contribution in [2.45, 2.75) is 26.4 Å². The molecule has 2 aromatic heterocycles. The molecule has 0 aliphatic carbocycles. The SMILES string of the molecule is CCc1sc2nc(C(F)(F)F)c(C(=O)O)n2c1-c1ccc(C)cc1. The van der Waals surface area contributed by atoms with Crippen molar-refractivity contribution in [2.24, 2.45) is 0 Å². The van der Waals surface area contributed by atoms with Gasteiger partial charge in [0, 0.05) is 4.88 Å². The number of thiazole rings is 1. The maximum atomic E-state index is 13.2. The van der Waals surface area contributed by atoms with E-state index in [4.69, 9.17) is 0 Å². The second-order valence-corrected chi connectivity index (χ2v) is 6.39. The third-order valence-corrected chi connectivity index (χ3v) is 4.85. The van der Waals surface area contributed by atoms with E-state index >= 15 is 0 Å². The van der Waals surface area contributed by atoms with Gasteiger partial charge in [-0.25, -0.2) is 9.78 Å². The minimum atomic E-state index is -4.82. The van der Waals surface area contributed by atoms with Gasteiger partial charge in [0.15, 0.2) is 16.3 Å². The maximum absolute atomic E-state index is 13.2. The fourth-order valence-electron chi connectivity index (χ4n) is 2.59. The Balaban J connectivity index is 2.40. The fraction of sp³-hybridized carbons (Fsp3) is 0.250. The zero-order valence-corrected chi connectivity index (χ0v) is 13.6. The van der Waals surface area contributed by atoms with E-state index in [1.54, 1.807) is 12.1 Å². The Kier molecular flexibility index (Phi) is 3.87. The van der Waals surface area contributed by atoms with Crippen LogP contribution in [0.25, 0.3) is 16.2 Å². The Bertz CT molecular complexity index is 924. The average molecular weight is 354 g/mol. The summed E-state index contributed by atoms with van der Waals surface area (Å²) in [4.78, 5) is 15.9. The van der Waals surface area contributed by atoms with Crippen LogP contribution in [0.2, 0.25) is 0 Å². The molecule has 126 valence electrons. The molecule has 0 fully saturated rings. The van der Waals surface area contributed by atoms with Crippen LogP contribution in [0.5, 0.6) is 0 Å². The highest BCUT2D eigenvalue weighted by molar-refractivity contribution is 7.17. The molecule has 1 aromatic carbocycles. The number of nitrogens with zero attached hydrogens (tertiary/aromatic N) is 2. The van der Waals surface area contributed by atoms with Crippen LogP contribution in [0.4, 0.5) is 13.2 Å². The van der Waals surface area contributed by atoms with Gasteiger partial charge in [0.1, 0.15) is 0 Å². The first-order chi connectivity index (χ1) is 11.2. The summed E-state index contributed by atoms with van der Waals surface area (Å²) in [6.45, 7) is 3.77. The molecule has 1 N–H and O–H groups in total. The van der Waals surface area contributed by atoms with Crippen molar-refractivity contribution in [1.82, 2.24) is 9.38 Å². The quantitative estimate of drug-likeness (QED) is 0.745. The van der Waals surface area contributed by atoms with Crippen molar-refractivity contribution in [3.05, 3.63) is 46.1 Å². The summed E-state index contributed by atoms with van der Waals surface area (Å²) >= 11 is 1.08. The Labute approximate surface area is 139 Å². The van der Waals surface area contributed by atoms with Crippen LogP contribution in [-0.4, -0.2) is 20.5 Å². The number of fused-ring (bicyclic) bond motifs is 1. The monoisotopic (exact) mass is 354 g/mol. The van der Waals surface area contributed by atoms with Crippen LogP contribution in [0, 0.1) is 6.92 Å². The summed E-state index contributed by atoms with van der Waals surface area (Å²) < 4.78 is 40.6. The lowest BCUT2D eigenvalue weighted by Gasteiger charge is -2.08. The van der Waals surface area contributed by atoms with E-state index in [9.17, 15) is 23.1 Å². The highest BCUT2D eigenvalue weighted by Gasteiger charge is 2.41. The van der Waals surface area contributed by atoms with Gasteiger partial charge in [0.2, 0.25) is 0 Å². The Morgan fingerprint density at radius 1 is 1.29 bits per heavy atom. The molecule has 0 atom stereocenters. The zero-order valence-electron chi connectivity index (χ0n) is 12.8. The number of carboxylic acids is 1. The fourth-order valence-corrected chi connectivity index (χ4v) is 3.68. The number of halogens is 3. The van der Waals surface area contributed by atoms with Crippen molar-refractivity contribution < 1.29 is 23.1 Å². The molecule has 3 rings (SSSR count). The van der Waals surface area contributed by atoms with Crippen LogP contribution in [0.3, 0.4) is 0 Å². The van der Waals surface area contributed by atoms with Gasteiger partial charge in [-0.1, -0.05) is 36.8 Å². The average Bonchev–Trinajstić information content (AvgIpc) is 3.02. The Morgan fingerprint density at radius 2 is 1.92 bits per heavy atom. The minimum absolute atomic E-state index is 0.0344. The topological polar surface area (TPSA) is 54.6 Å². The van der Waals surface area contributed by atoms with Gasteiger partial charge in [-0.3, -0.25) is 4.40 Å². The largest absolute Gasteiger partial charge is 0.476 e. The third kappa shape index (κ3) is 2.56. The number of aryl methyl sites for hydroxylation is 2. The number of imidazole rings is 1. The molecule has 0 unspecified atom stereocenters. The summed E-state index contributed by atoms with van der Waals surface area (Å²) in [5, 5.41) is 9.36. The van der Waals surface area contributed by atoms with Crippen molar-refractivity contribution in [2.75, 3.05) is 0 Å². The molecule has 24 heavy (non-hydrogen) atoms. The summed E-state index contributed by atoms with van der Waals surface area (Å²) in [6, 6.07) is 7.21. The Hall–Kier alpha value is -2.35. The van der Waals surface area contributed by atoms with E-state index in [-0.39, 0.29) is 4.96 Å². The first kappa shape index (κ1) is 16.5. The van der Waals surface area contributed by atoms with Crippen molar-refractivity contribution in [3.63, 3.8) is 0 Å². The van der Waals surface area contributed by atoms with Crippen LogP contribution >= 0.6 is 11.3 Å². The number of alkyl halides is 3. The summed E-state index contributed by atoms with van der Waals surface area (Å²) in [6.07, 6.45) is -4.26. The molecule has 0 spiro atoms. The van der Waals surface area contributed by atoms with Gasteiger partial charge in [0.05, 0.1) is 5.69 Å². The van der Waals surface area contributed by atoms with Crippen LogP contribution in [0.1, 0.15) is 33.5 Å². The molecule has 0 amide bonds. The number of hydrogen-bond donors (Lipinski definition) is 1. The molecule has 8 heteroatoms. The lowest BCUT2D eigenvalue weighted by Crippen LogP contribution is -2.14. The van der Waals surface area contributed by atoms with Crippen LogP contribution in [0.15, 0.2) is 24.3 Å². The molecular formula is C16H13F3N2O2S. The van der Waals surface area contributed by atoms with Gasteiger partial charge >= 0.3 is 12.1 Å². The second kappa shape index (κ2) is 5.62. The number of hydrogen-bond acceptors (Lipinski definition) is 3. The van der Waals surface area contributed by atoms with E-state index < -0.39 is 23.5 Å². The summed E-state index contributed by atoms with van der Waals surface area (Å²) in [5.74, 6) is -1.65. The molecule has 0 saturated heterocycles. The lowest BCUT2D eigenvalue weighted by molar-refractivity contribution is -0.141. The minimum Gasteiger partial charge on any atom is -0.476 e. The number of carbonyl (C=O) groups is 1. The van der Waals surface area contributed by atoms with Crippen molar-refractivity contribution in [1.29, 1.82) is 0 Å². The molecule has 0 aliphatic rings. The van der Waals surface area contributed by atoms with Gasteiger partial charge in [-0.2, -0.15) is 13.2 Å². The molecule has 3 aromatic rings.